The van der Waals surface area contributed by atoms with Gasteiger partial charge in [-0.3, -0.25) is 14.4 Å². The van der Waals surface area contributed by atoms with Crippen molar-refractivity contribution in [2.24, 2.45) is 0 Å². The van der Waals surface area contributed by atoms with Crippen LogP contribution < -0.4 is 15.4 Å². The highest BCUT2D eigenvalue weighted by molar-refractivity contribution is 5.99. The molecule has 2 amide bonds. The van der Waals surface area contributed by atoms with Gasteiger partial charge in [-0.05, 0) is 74.1 Å². The average molecular weight is 682 g/mol. The SMILES string of the molecule is COc1ccc(C(CC(=O)NCCNC(=O)c2cc3ccccc3[nH]2)c2c(O)cc3c(c2O)C(=O)OC(C)CCCC(=O)CCCC=C3)cc1. The van der Waals surface area contributed by atoms with E-state index < -0.39 is 29.6 Å². The Morgan fingerprint density at radius 1 is 1.00 bits per heavy atom. The number of benzene rings is 3. The number of ketones is 1. The number of cyclic esters (lactones) is 1. The molecule has 2 heterocycles. The van der Waals surface area contributed by atoms with E-state index in [9.17, 15) is 29.4 Å². The summed E-state index contributed by atoms with van der Waals surface area (Å²) < 4.78 is 11.0. The quantitative estimate of drug-likeness (QED) is 0.104. The Balaban J connectivity index is 1.38. The number of H-pyrrole nitrogens is 1. The Labute approximate surface area is 290 Å². The molecule has 1 aliphatic heterocycles. The summed E-state index contributed by atoms with van der Waals surface area (Å²) in [5.41, 5.74) is 1.97. The van der Waals surface area contributed by atoms with Crippen molar-refractivity contribution in [3.8, 4) is 17.2 Å². The van der Waals surface area contributed by atoms with Crippen molar-refractivity contribution in [3.63, 3.8) is 0 Å². The fourth-order valence-electron chi connectivity index (χ4n) is 6.17. The van der Waals surface area contributed by atoms with E-state index in [1.807, 2.05) is 24.3 Å². The molecule has 1 aromatic heterocycles. The van der Waals surface area contributed by atoms with Gasteiger partial charge in [0.15, 0.2) is 0 Å². The van der Waals surface area contributed by atoms with Crippen molar-refractivity contribution < 1.29 is 38.9 Å². The Bertz CT molecular complexity index is 1850. The molecule has 5 N–H and O–H groups in total. The largest absolute Gasteiger partial charge is 0.507 e. The molecule has 0 bridgehead atoms. The Morgan fingerprint density at radius 3 is 2.50 bits per heavy atom. The number of fused-ring (bicyclic) bond motifs is 2. The highest BCUT2D eigenvalue weighted by Crippen LogP contribution is 2.44. The summed E-state index contributed by atoms with van der Waals surface area (Å²) in [7, 11) is 1.53. The van der Waals surface area contributed by atoms with E-state index in [0.717, 1.165) is 10.9 Å². The lowest BCUT2D eigenvalue weighted by Gasteiger charge is -2.23. The Kier molecular flexibility index (Phi) is 11.9. The monoisotopic (exact) mass is 681 g/mol. The van der Waals surface area contributed by atoms with Crippen LogP contribution in [0.1, 0.15) is 95.3 Å². The number of nitrogens with one attached hydrogen (secondary N) is 3. The number of aromatic amines is 1. The zero-order valence-corrected chi connectivity index (χ0v) is 28.3. The number of phenols is 2. The van der Waals surface area contributed by atoms with Gasteiger partial charge in [-0.2, -0.15) is 0 Å². The van der Waals surface area contributed by atoms with E-state index in [-0.39, 0.29) is 53.6 Å². The maximum atomic E-state index is 13.6. The molecular weight excluding hydrogens is 638 g/mol. The molecule has 262 valence electrons. The van der Waals surface area contributed by atoms with Crippen LogP contribution in [-0.4, -0.2) is 65.1 Å². The molecule has 50 heavy (non-hydrogen) atoms. The number of hydrogen-bond acceptors (Lipinski definition) is 8. The summed E-state index contributed by atoms with van der Waals surface area (Å²) in [6.45, 7) is 2.02. The van der Waals surface area contributed by atoms with E-state index >= 15 is 0 Å². The molecule has 3 aromatic carbocycles. The molecule has 0 saturated carbocycles. The molecule has 4 aromatic rings. The number of Topliss-reactive ketones (excluding diaryl/α,β-unsaturated/α-hetero) is 1. The topological polar surface area (TPSA) is 167 Å². The first kappa shape index (κ1) is 35.7. The average Bonchev–Trinajstić information content (AvgIpc) is 3.54. The van der Waals surface area contributed by atoms with Crippen molar-refractivity contribution in [3.05, 3.63) is 94.7 Å². The molecule has 0 spiro atoms. The minimum atomic E-state index is -0.875. The predicted octanol–water partition coefficient (Wildman–Crippen LogP) is 6.14. The highest BCUT2D eigenvalue weighted by atomic mass is 16.5. The second-order valence-corrected chi connectivity index (χ2v) is 12.5. The lowest BCUT2D eigenvalue weighted by molar-refractivity contribution is -0.121. The van der Waals surface area contributed by atoms with Gasteiger partial charge in [0.1, 0.15) is 34.3 Å². The van der Waals surface area contributed by atoms with Crippen LogP contribution in [0.25, 0.3) is 17.0 Å². The van der Waals surface area contributed by atoms with E-state index in [2.05, 4.69) is 15.6 Å². The van der Waals surface area contributed by atoms with Gasteiger partial charge in [0.2, 0.25) is 5.91 Å². The molecule has 2 unspecified atom stereocenters. The third kappa shape index (κ3) is 8.90. The molecule has 11 nitrogen and oxygen atoms in total. The zero-order chi connectivity index (χ0) is 35.6. The minimum Gasteiger partial charge on any atom is -0.507 e. The van der Waals surface area contributed by atoms with Crippen molar-refractivity contribution in [1.82, 2.24) is 15.6 Å². The molecule has 5 rings (SSSR count). The summed E-state index contributed by atoms with van der Waals surface area (Å²) in [6, 6.07) is 17.6. The van der Waals surface area contributed by atoms with Gasteiger partial charge < -0.3 is 35.3 Å². The minimum absolute atomic E-state index is 0.000830. The summed E-state index contributed by atoms with van der Waals surface area (Å²) in [5, 5.41) is 29.6. The summed E-state index contributed by atoms with van der Waals surface area (Å²) >= 11 is 0. The normalized spacial score (nSPS) is 16.2. The number of esters is 1. The van der Waals surface area contributed by atoms with Gasteiger partial charge in [0.25, 0.3) is 5.91 Å². The lowest BCUT2D eigenvalue weighted by Crippen LogP contribution is -2.35. The van der Waals surface area contributed by atoms with E-state index in [0.29, 0.717) is 55.5 Å². The van der Waals surface area contributed by atoms with Gasteiger partial charge in [-0.15, -0.1) is 0 Å². The number of ether oxygens (including phenoxy) is 2. The number of para-hydroxylation sites is 1. The van der Waals surface area contributed by atoms with Crippen molar-refractivity contribution >= 4 is 40.5 Å². The fraction of sp³-hybridized carbons (Fsp3) is 0.333. The Morgan fingerprint density at radius 2 is 1.74 bits per heavy atom. The Hall–Kier alpha value is -5.58. The molecule has 0 radical (unpaired) electrons. The molecule has 0 aliphatic carbocycles. The van der Waals surface area contributed by atoms with Gasteiger partial charge >= 0.3 is 5.97 Å². The second-order valence-electron chi connectivity index (χ2n) is 12.5. The predicted molar refractivity (Wildman–Crippen MR) is 189 cm³/mol. The third-order valence-electron chi connectivity index (χ3n) is 8.81. The lowest BCUT2D eigenvalue weighted by atomic mass is 9.84. The van der Waals surface area contributed by atoms with Crippen LogP contribution in [0.15, 0.2) is 66.7 Å². The number of aromatic nitrogens is 1. The van der Waals surface area contributed by atoms with Crippen LogP contribution in [0.3, 0.4) is 0 Å². The van der Waals surface area contributed by atoms with Crippen molar-refractivity contribution in [1.29, 1.82) is 0 Å². The summed E-state index contributed by atoms with van der Waals surface area (Å²) in [5.74, 6) is -2.41. The number of phenolic OH excluding ortho intramolecular Hbond substituents is 2. The number of amides is 2. The van der Waals surface area contributed by atoms with Crippen LogP contribution in [-0.2, 0) is 14.3 Å². The maximum absolute atomic E-state index is 13.6. The van der Waals surface area contributed by atoms with Crippen LogP contribution in [0, 0.1) is 0 Å². The van der Waals surface area contributed by atoms with Gasteiger partial charge in [-0.25, -0.2) is 4.79 Å². The first-order valence-electron chi connectivity index (χ1n) is 16.9. The van der Waals surface area contributed by atoms with E-state index in [4.69, 9.17) is 9.47 Å². The standard InChI is InChI=1S/C39H43N3O8/c1-24-9-8-13-28(43)12-5-3-4-11-27-22-33(44)36(37(46)35(27)39(48)50-24)30(25-15-17-29(49-2)18-16-25)23-34(45)40-19-20-41-38(47)32-21-26-10-6-7-14-31(26)42-32/h4,6-7,10-11,14-18,21-22,24,30,42,44,46H,3,5,8-9,12-13,19-20,23H2,1-2H3,(H,40,45)(H,41,47). The number of rotatable bonds is 9. The molecule has 11 heteroatoms. The highest BCUT2D eigenvalue weighted by Gasteiger charge is 2.31. The van der Waals surface area contributed by atoms with Crippen LogP contribution in [0.2, 0.25) is 0 Å². The van der Waals surface area contributed by atoms with Gasteiger partial charge in [0, 0.05) is 54.7 Å². The summed E-state index contributed by atoms with van der Waals surface area (Å²) in [4.78, 5) is 54.9. The molecule has 2 atom stereocenters. The smallest absolute Gasteiger partial charge is 0.342 e. The third-order valence-corrected chi connectivity index (χ3v) is 8.81. The van der Waals surface area contributed by atoms with Crippen LogP contribution in [0.5, 0.6) is 17.2 Å². The maximum Gasteiger partial charge on any atom is 0.342 e. The first-order valence-corrected chi connectivity index (χ1v) is 16.9. The van der Waals surface area contributed by atoms with E-state index in [1.165, 1.54) is 13.2 Å². The summed E-state index contributed by atoms with van der Waals surface area (Å²) in [6.07, 6.45) is 5.81. The second kappa shape index (κ2) is 16.7. The van der Waals surface area contributed by atoms with Crippen molar-refractivity contribution in [2.45, 2.75) is 63.9 Å². The fourth-order valence-corrected chi connectivity index (χ4v) is 6.17. The number of carbonyl (C=O) groups is 4. The zero-order valence-electron chi connectivity index (χ0n) is 28.3. The number of carbonyl (C=O) groups excluding carboxylic acids is 4. The van der Waals surface area contributed by atoms with Crippen molar-refractivity contribution in [2.75, 3.05) is 20.2 Å². The van der Waals surface area contributed by atoms with Crippen LogP contribution in [0.4, 0.5) is 0 Å². The molecule has 0 saturated heterocycles. The van der Waals surface area contributed by atoms with Crippen LogP contribution >= 0.6 is 0 Å². The van der Waals surface area contributed by atoms with Gasteiger partial charge in [-0.1, -0.05) is 42.5 Å². The molecule has 0 fully saturated rings. The first-order chi connectivity index (χ1) is 24.1. The van der Waals surface area contributed by atoms with E-state index in [1.54, 1.807) is 49.4 Å². The van der Waals surface area contributed by atoms with Gasteiger partial charge in [0.05, 0.1) is 13.2 Å². The molecular formula is C39H43N3O8. The number of methoxy groups -OCH3 is 1. The number of aromatic hydroxyl groups is 2. The number of allylic oxidation sites excluding steroid dienone is 1. The number of hydrogen-bond donors (Lipinski definition) is 5. The molecule has 1 aliphatic rings.